The predicted molar refractivity (Wildman–Crippen MR) is 36.0 cm³/mol. The summed E-state index contributed by atoms with van der Waals surface area (Å²) in [4.78, 5) is 10.0. The maximum absolute atomic E-state index is 10.0. The Balaban J connectivity index is 3.27. The second kappa shape index (κ2) is 4.64. The van der Waals surface area contributed by atoms with Gasteiger partial charge in [-0.1, -0.05) is 0 Å². The van der Waals surface area contributed by atoms with Gasteiger partial charge in [0.25, 0.3) is 0 Å². The van der Waals surface area contributed by atoms with Crippen LogP contribution < -0.4 is 10.8 Å². The van der Waals surface area contributed by atoms with Crippen molar-refractivity contribution in [2.24, 2.45) is 5.73 Å². The Morgan fingerprint density at radius 2 is 2.44 bits per heavy atom. The minimum atomic E-state index is -1.02. The fourth-order valence-corrected chi connectivity index (χ4v) is 0.939. The number of carboxylic acids is 1. The third-order valence-corrected chi connectivity index (χ3v) is 1.98. The highest BCUT2D eigenvalue weighted by atomic mass is 32.2. The number of aliphatic carboxylic acids is 1. The molecule has 0 aromatic carbocycles. The molecule has 0 saturated carbocycles. The molecule has 2 N–H and O–H groups in total. The molecule has 0 fully saturated rings. The predicted octanol–water partition coefficient (Wildman–Crippen LogP) is -1.18. The number of hydrogen-bond acceptors (Lipinski definition) is 4. The molecular formula is C5H10NO2S-. The van der Waals surface area contributed by atoms with Gasteiger partial charge < -0.3 is 15.6 Å². The van der Waals surface area contributed by atoms with Gasteiger partial charge in [0.2, 0.25) is 0 Å². The van der Waals surface area contributed by atoms with Crippen molar-refractivity contribution < 1.29 is 9.90 Å². The van der Waals surface area contributed by atoms with E-state index in [1.807, 2.05) is 0 Å². The standard InChI is InChI=1S/C5H11NO2S/c1-4(5(7)8)9-3-2-6/h4H,2-3,6H2,1H3,(H,7,8)/p-1. The van der Waals surface area contributed by atoms with Crippen molar-refractivity contribution in [1.82, 2.24) is 0 Å². The molecule has 0 aliphatic heterocycles. The molecule has 0 rings (SSSR count). The normalized spacial score (nSPS) is 13.1. The summed E-state index contributed by atoms with van der Waals surface area (Å²) in [5.74, 6) is -0.344. The molecule has 0 aromatic heterocycles. The van der Waals surface area contributed by atoms with Gasteiger partial charge in [-0.05, 0) is 6.92 Å². The Bertz CT molecular complexity index is 97.0. The summed E-state index contributed by atoms with van der Waals surface area (Å²) < 4.78 is 0. The zero-order valence-corrected chi connectivity index (χ0v) is 6.11. The molecule has 54 valence electrons. The Labute approximate surface area is 58.6 Å². The van der Waals surface area contributed by atoms with Crippen LogP contribution in [0.15, 0.2) is 0 Å². The van der Waals surface area contributed by atoms with Gasteiger partial charge in [-0.25, -0.2) is 0 Å². The molecule has 1 atom stereocenters. The number of nitrogens with two attached hydrogens (primary N) is 1. The van der Waals surface area contributed by atoms with Crippen LogP contribution in [-0.4, -0.2) is 23.5 Å². The number of hydrogen-bond donors (Lipinski definition) is 1. The highest BCUT2D eigenvalue weighted by Gasteiger charge is 1.99. The number of carboxylic acid groups (broad SMARTS) is 1. The summed E-state index contributed by atoms with van der Waals surface area (Å²) in [5.41, 5.74) is 5.14. The molecule has 0 aliphatic carbocycles. The highest BCUT2D eigenvalue weighted by molar-refractivity contribution is 8.00. The topological polar surface area (TPSA) is 66.2 Å². The van der Waals surface area contributed by atoms with Crippen molar-refractivity contribution in [2.45, 2.75) is 12.2 Å². The quantitative estimate of drug-likeness (QED) is 0.545. The van der Waals surface area contributed by atoms with Crippen LogP contribution in [0.25, 0.3) is 0 Å². The molecule has 0 heterocycles. The van der Waals surface area contributed by atoms with Crippen molar-refractivity contribution in [3.63, 3.8) is 0 Å². The van der Waals surface area contributed by atoms with E-state index in [2.05, 4.69) is 0 Å². The molecular weight excluding hydrogens is 138 g/mol. The summed E-state index contributed by atoms with van der Waals surface area (Å²) in [6.45, 7) is 2.11. The second-order valence-electron chi connectivity index (χ2n) is 1.62. The Hall–Kier alpha value is -0.220. The van der Waals surface area contributed by atoms with Gasteiger partial charge in [-0.3, -0.25) is 0 Å². The summed E-state index contributed by atoms with van der Waals surface area (Å²) in [6.07, 6.45) is 0. The van der Waals surface area contributed by atoms with E-state index in [1.165, 1.54) is 11.8 Å². The van der Waals surface area contributed by atoms with Crippen LogP contribution >= 0.6 is 11.8 Å². The maximum Gasteiger partial charge on any atom is 0.0541 e. The Morgan fingerprint density at radius 1 is 1.89 bits per heavy atom. The van der Waals surface area contributed by atoms with Crippen molar-refractivity contribution in [3.8, 4) is 0 Å². The van der Waals surface area contributed by atoms with Crippen molar-refractivity contribution in [3.05, 3.63) is 0 Å². The zero-order valence-electron chi connectivity index (χ0n) is 5.29. The average molecular weight is 148 g/mol. The van der Waals surface area contributed by atoms with Crippen LogP contribution in [0, 0.1) is 0 Å². The summed E-state index contributed by atoms with van der Waals surface area (Å²) in [7, 11) is 0. The van der Waals surface area contributed by atoms with Gasteiger partial charge in [-0.15, -0.1) is 0 Å². The number of thioether (sulfide) groups is 1. The smallest absolute Gasteiger partial charge is 0.0541 e. The molecule has 3 nitrogen and oxygen atoms in total. The van der Waals surface area contributed by atoms with Gasteiger partial charge in [0.15, 0.2) is 0 Å². The monoisotopic (exact) mass is 148 g/mol. The minimum absolute atomic E-state index is 0.437. The Morgan fingerprint density at radius 3 is 2.78 bits per heavy atom. The minimum Gasteiger partial charge on any atom is -0.549 e. The molecule has 9 heavy (non-hydrogen) atoms. The van der Waals surface area contributed by atoms with Gasteiger partial charge in [0.05, 0.1) is 5.97 Å². The molecule has 1 unspecified atom stereocenters. The van der Waals surface area contributed by atoms with Crippen LogP contribution in [0.4, 0.5) is 0 Å². The fraction of sp³-hybridized carbons (Fsp3) is 0.800. The first-order chi connectivity index (χ1) is 4.18. The molecule has 0 radical (unpaired) electrons. The maximum atomic E-state index is 10.0. The number of carbonyl (C=O) groups is 1. The molecule has 0 amide bonds. The lowest BCUT2D eigenvalue weighted by atomic mass is 10.5. The SMILES string of the molecule is CC(SCCN)C(=O)[O-]. The van der Waals surface area contributed by atoms with E-state index in [0.717, 1.165) is 0 Å². The van der Waals surface area contributed by atoms with Crippen LogP contribution in [0.3, 0.4) is 0 Å². The van der Waals surface area contributed by atoms with E-state index in [0.29, 0.717) is 12.3 Å². The van der Waals surface area contributed by atoms with Crippen molar-refractivity contribution >= 4 is 17.7 Å². The largest absolute Gasteiger partial charge is 0.549 e. The molecule has 4 heteroatoms. The highest BCUT2D eigenvalue weighted by Crippen LogP contribution is 2.06. The fourth-order valence-electron chi connectivity index (χ4n) is 0.313. The van der Waals surface area contributed by atoms with Crippen LogP contribution in [0.5, 0.6) is 0 Å². The van der Waals surface area contributed by atoms with Gasteiger partial charge >= 0.3 is 0 Å². The van der Waals surface area contributed by atoms with E-state index in [4.69, 9.17) is 5.73 Å². The van der Waals surface area contributed by atoms with Gasteiger partial charge in [0.1, 0.15) is 0 Å². The summed E-state index contributed by atoms with van der Waals surface area (Å²) in [6, 6.07) is 0. The lowest BCUT2D eigenvalue weighted by Gasteiger charge is -2.09. The van der Waals surface area contributed by atoms with E-state index >= 15 is 0 Å². The van der Waals surface area contributed by atoms with Crippen LogP contribution in [0.1, 0.15) is 6.92 Å². The van der Waals surface area contributed by atoms with Crippen molar-refractivity contribution in [1.29, 1.82) is 0 Å². The van der Waals surface area contributed by atoms with E-state index in [1.54, 1.807) is 6.92 Å². The van der Waals surface area contributed by atoms with E-state index in [9.17, 15) is 9.90 Å². The van der Waals surface area contributed by atoms with Crippen molar-refractivity contribution in [2.75, 3.05) is 12.3 Å². The van der Waals surface area contributed by atoms with Gasteiger partial charge in [0, 0.05) is 17.5 Å². The lowest BCUT2D eigenvalue weighted by molar-refractivity contribution is -0.304. The first-order valence-corrected chi connectivity index (χ1v) is 3.76. The lowest BCUT2D eigenvalue weighted by Crippen LogP contribution is -2.31. The van der Waals surface area contributed by atoms with Gasteiger partial charge in [-0.2, -0.15) is 11.8 Å². The molecule has 0 saturated heterocycles. The molecule has 0 bridgehead atoms. The number of carbonyl (C=O) groups excluding carboxylic acids is 1. The first kappa shape index (κ1) is 8.78. The zero-order chi connectivity index (χ0) is 7.28. The number of rotatable bonds is 4. The molecule has 0 spiro atoms. The van der Waals surface area contributed by atoms with Crippen LogP contribution in [-0.2, 0) is 4.79 Å². The van der Waals surface area contributed by atoms with E-state index < -0.39 is 11.2 Å². The average Bonchev–Trinajstić information content (AvgIpc) is 1.82. The first-order valence-electron chi connectivity index (χ1n) is 2.71. The summed E-state index contributed by atoms with van der Waals surface area (Å²) in [5, 5.41) is 9.60. The second-order valence-corrected chi connectivity index (χ2v) is 3.07. The third-order valence-electron chi connectivity index (χ3n) is 0.818. The molecule has 0 aromatic rings. The van der Waals surface area contributed by atoms with E-state index in [-0.39, 0.29) is 0 Å². The molecule has 0 aliphatic rings. The summed E-state index contributed by atoms with van der Waals surface area (Å²) >= 11 is 1.30. The third kappa shape index (κ3) is 4.29. The Kier molecular flexibility index (Phi) is 4.53. The van der Waals surface area contributed by atoms with Crippen LogP contribution in [0.2, 0.25) is 0 Å².